The van der Waals surface area contributed by atoms with Crippen LogP contribution in [0.4, 0.5) is 4.79 Å². The van der Waals surface area contributed by atoms with Crippen molar-refractivity contribution in [3.8, 4) is 0 Å². The lowest BCUT2D eigenvalue weighted by molar-refractivity contribution is -0.253. The van der Waals surface area contributed by atoms with Crippen molar-refractivity contribution in [2.24, 2.45) is 0 Å². The maximum absolute atomic E-state index is 12.6. The van der Waals surface area contributed by atoms with Gasteiger partial charge in [-0.1, -0.05) is 30.3 Å². The second kappa shape index (κ2) is 7.55. The molecule has 0 aromatic heterocycles. The van der Waals surface area contributed by atoms with Crippen molar-refractivity contribution >= 4 is 6.09 Å². The molecule has 2 fully saturated rings. The maximum Gasteiger partial charge on any atom is 0.410 e. The molecule has 0 aliphatic carbocycles. The number of carbonyl (C=O) groups excluding carboxylic acids is 1. The van der Waals surface area contributed by atoms with Crippen molar-refractivity contribution in [2.75, 3.05) is 19.6 Å². The number of benzene rings is 1. The van der Waals surface area contributed by atoms with E-state index in [9.17, 15) is 9.90 Å². The molecule has 0 saturated carbocycles. The Bertz CT molecular complexity index is 616. The summed E-state index contributed by atoms with van der Waals surface area (Å²) in [6, 6.07) is 9.70. The summed E-state index contributed by atoms with van der Waals surface area (Å²) in [6.45, 7) is 8.14. The number of hydrogen-bond acceptors (Lipinski definition) is 5. The first kappa shape index (κ1) is 19.1. The number of aliphatic hydroxyl groups is 1. The number of aliphatic hydroxyl groups excluding tert-OH is 1. The van der Waals surface area contributed by atoms with Gasteiger partial charge in [-0.2, -0.15) is 0 Å². The van der Waals surface area contributed by atoms with Gasteiger partial charge in [0.05, 0.1) is 11.1 Å². The summed E-state index contributed by atoms with van der Waals surface area (Å²) < 4.78 is 11.2. The molecule has 0 radical (unpaired) electrons. The van der Waals surface area contributed by atoms with E-state index in [1.54, 1.807) is 0 Å². The van der Waals surface area contributed by atoms with Crippen LogP contribution in [0.1, 0.15) is 45.6 Å². The monoisotopic (exact) mass is 362 g/mol. The minimum atomic E-state index is -0.949. The number of ether oxygens (including phenoxy) is 2. The number of hydrogen-bond donors (Lipinski definition) is 1. The molecule has 1 aromatic rings. The second-order valence-corrected chi connectivity index (χ2v) is 8.30. The largest absolute Gasteiger partial charge is 0.445 e. The van der Waals surface area contributed by atoms with Gasteiger partial charge in [-0.05, 0) is 45.6 Å². The van der Waals surface area contributed by atoms with Gasteiger partial charge in [-0.15, -0.1) is 0 Å². The first-order valence-electron chi connectivity index (χ1n) is 9.37. The molecule has 2 atom stereocenters. The molecule has 2 aliphatic rings. The van der Waals surface area contributed by atoms with Crippen LogP contribution in [-0.2, 0) is 16.1 Å². The summed E-state index contributed by atoms with van der Waals surface area (Å²) in [5, 5.41) is 10.4. The highest BCUT2D eigenvalue weighted by atomic mass is 16.6. The molecular formula is C20H30N2O4. The number of piperidine rings is 1. The molecule has 1 amide bonds. The van der Waals surface area contributed by atoms with E-state index >= 15 is 0 Å². The minimum absolute atomic E-state index is 0.242. The highest BCUT2D eigenvalue weighted by Crippen LogP contribution is 2.39. The molecule has 6 heteroatoms. The third kappa shape index (κ3) is 4.37. The summed E-state index contributed by atoms with van der Waals surface area (Å²) in [7, 11) is 0. The molecular weight excluding hydrogens is 332 g/mol. The van der Waals surface area contributed by atoms with Gasteiger partial charge in [-0.3, -0.25) is 4.90 Å². The van der Waals surface area contributed by atoms with Crippen LogP contribution < -0.4 is 0 Å². The summed E-state index contributed by atoms with van der Waals surface area (Å²) in [4.78, 5) is 16.3. The Balaban J connectivity index is 1.58. The highest BCUT2D eigenvalue weighted by molar-refractivity contribution is 5.70. The van der Waals surface area contributed by atoms with Crippen molar-refractivity contribution in [1.82, 2.24) is 9.80 Å². The Labute approximate surface area is 155 Å². The van der Waals surface area contributed by atoms with Gasteiger partial charge in [0.2, 0.25) is 6.41 Å². The fraction of sp³-hybridized carbons (Fsp3) is 0.650. The SMILES string of the molecule is CC(C)(C)OC(O)N1CCCC2(CCN2C(=O)OCc2ccccc2)C1. The van der Waals surface area contributed by atoms with Crippen molar-refractivity contribution < 1.29 is 19.4 Å². The van der Waals surface area contributed by atoms with Gasteiger partial charge in [0, 0.05) is 19.6 Å². The van der Waals surface area contributed by atoms with E-state index in [1.165, 1.54) is 0 Å². The minimum Gasteiger partial charge on any atom is -0.445 e. The normalized spacial score (nSPS) is 25.0. The van der Waals surface area contributed by atoms with Gasteiger partial charge in [0.1, 0.15) is 6.61 Å². The van der Waals surface area contributed by atoms with E-state index in [0.29, 0.717) is 13.1 Å². The van der Waals surface area contributed by atoms with Crippen LogP contribution in [0.25, 0.3) is 0 Å². The summed E-state index contributed by atoms with van der Waals surface area (Å²) >= 11 is 0. The fourth-order valence-electron chi connectivity index (χ4n) is 3.77. The Kier molecular flexibility index (Phi) is 5.55. The number of nitrogens with zero attached hydrogens (tertiary/aromatic N) is 2. The smallest absolute Gasteiger partial charge is 0.410 e. The predicted octanol–water partition coefficient (Wildman–Crippen LogP) is 2.95. The zero-order chi connectivity index (χ0) is 18.8. The lowest BCUT2D eigenvalue weighted by Crippen LogP contribution is -2.69. The molecule has 2 saturated heterocycles. The van der Waals surface area contributed by atoms with E-state index in [4.69, 9.17) is 9.47 Å². The van der Waals surface area contributed by atoms with Crippen LogP contribution in [0.15, 0.2) is 30.3 Å². The van der Waals surface area contributed by atoms with Crippen LogP contribution in [0.2, 0.25) is 0 Å². The average Bonchev–Trinajstić information content (AvgIpc) is 2.58. The molecule has 3 rings (SSSR count). The topological polar surface area (TPSA) is 62.2 Å². The lowest BCUT2D eigenvalue weighted by atomic mass is 9.78. The van der Waals surface area contributed by atoms with Crippen LogP contribution >= 0.6 is 0 Å². The van der Waals surface area contributed by atoms with E-state index < -0.39 is 12.0 Å². The van der Waals surface area contributed by atoms with Crippen molar-refractivity contribution in [3.05, 3.63) is 35.9 Å². The quantitative estimate of drug-likeness (QED) is 0.835. The maximum atomic E-state index is 12.6. The Morgan fingerprint density at radius 1 is 1.23 bits per heavy atom. The molecule has 2 unspecified atom stereocenters. The number of carbonyl (C=O) groups is 1. The first-order valence-corrected chi connectivity index (χ1v) is 9.37. The lowest BCUT2D eigenvalue weighted by Gasteiger charge is -2.56. The van der Waals surface area contributed by atoms with Crippen molar-refractivity contribution in [2.45, 2.75) is 64.2 Å². The third-order valence-electron chi connectivity index (χ3n) is 5.16. The first-order chi connectivity index (χ1) is 12.3. The second-order valence-electron chi connectivity index (χ2n) is 8.30. The van der Waals surface area contributed by atoms with Crippen LogP contribution in [0.5, 0.6) is 0 Å². The van der Waals surface area contributed by atoms with Crippen LogP contribution in [-0.4, -0.2) is 58.2 Å². The van der Waals surface area contributed by atoms with Crippen molar-refractivity contribution in [3.63, 3.8) is 0 Å². The average molecular weight is 362 g/mol. The van der Waals surface area contributed by atoms with E-state index in [2.05, 4.69) is 0 Å². The molecule has 2 aliphatic heterocycles. The zero-order valence-electron chi connectivity index (χ0n) is 16.0. The molecule has 26 heavy (non-hydrogen) atoms. The van der Waals surface area contributed by atoms with Gasteiger partial charge < -0.3 is 19.5 Å². The Morgan fingerprint density at radius 2 is 1.96 bits per heavy atom. The Morgan fingerprint density at radius 3 is 2.58 bits per heavy atom. The van der Waals surface area contributed by atoms with Crippen molar-refractivity contribution in [1.29, 1.82) is 0 Å². The van der Waals surface area contributed by atoms with E-state index in [-0.39, 0.29) is 18.2 Å². The van der Waals surface area contributed by atoms with Gasteiger partial charge >= 0.3 is 6.09 Å². The highest BCUT2D eigenvalue weighted by Gasteiger charge is 2.51. The number of rotatable bonds is 4. The van der Waals surface area contributed by atoms with Gasteiger partial charge in [0.25, 0.3) is 0 Å². The summed E-state index contributed by atoms with van der Waals surface area (Å²) in [6.07, 6.45) is 1.58. The molecule has 1 N–H and O–H groups in total. The zero-order valence-corrected chi connectivity index (χ0v) is 16.0. The number of amides is 1. The van der Waals surface area contributed by atoms with E-state index in [1.807, 2.05) is 60.9 Å². The molecule has 0 bridgehead atoms. The molecule has 6 nitrogen and oxygen atoms in total. The molecule has 2 heterocycles. The summed E-state index contributed by atoms with van der Waals surface area (Å²) in [5.41, 5.74) is 0.321. The number of likely N-dealkylation sites (tertiary alicyclic amines) is 2. The third-order valence-corrected chi connectivity index (χ3v) is 5.16. The molecule has 144 valence electrons. The summed E-state index contributed by atoms with van der Waals surface area (Å²) in [5.74, 6) is 0. The Hall–Kier alpha value is -1.63. The fourth-order valence-corrected chi connectivity index (χ4v) is 3.77. The van der Waals surface area contributed by atoms with Crippen LogP contribution in [0, 0.1) is 0 Å². The molecule has 1 aromatic carbocycles. The van der Waals surface area contributed by atoms with Crippen LogP contribution in [0.3, 0.4) is 0 Å². The standard InChI is InChI=1S/C20H30N2O4/c1-19(2,3)26-17(23)21-12-7-10-20(15-21)11-13-22(20)18(24)25-14-16-8-5-4-6-9-16/h4-6,8-9,17,23H,7,10-15H2,1-3H3. The van der Waals surface area contributed by atoms with E-state index in [0.717, 1.165) is 31.4 Å². The van der Waals surface area contributed by atoms with Gasteiger partial charge in [-0.25, -0.2) is 4.79 Å². The molecule has 1 spiro atoms. The van der Waals surface area contributed by atoms with Gasteiger partial charge in [0.15, 0.2) is 0 Å². The predicted molar refractivity (Wildman–Crippen MR) is 98.3 cm³/mol.